The fraction of sp³-hybridized carbons (Fsp3) is 0.368. The van der Waals surface area contributed by atoms with Gasteiger partial charge in [0.2, 0.25) is 0 Å². The van der Waals surface area contributed by atoms with Crippen molar-refractivity contribution >= 4 is 20.2 Å². The van der Waals surface area contributed by atoms with Gasteiger partial charge in [-0.2, -0.15) is 16.8 Å². The highest BCUT2D eigenvalue weighted by Gasteiger charge is 2.21. The van der Waals surface area contributed by atoms with Crippen LogP contribution in [0.5, 0.6) is 0 Å². The van der Waals surface area contributed by atoms with Crippen molar-refractivity contribution < 1.29 is 25.2 Å². The zero-order valence-electron chi connectivity index (χ0n) is 15.3. The Hall–Kier alpha value is -1.74. The Morgan fingerprint density at radius 2 is 1.00 bits per heavy atom. The summed E-state index contributed by atoms with van der Waals surface area (Å²) in [5.41, 5.74) is 0. The highest BCUT2D eigenvalue weighted by molar-refractivity contribution is 7.87. The van der Waals surface area contributed by atoms with Crippen molar-refractivity contribution in [3.63, 3.8) is 0 Å². The molecule has 0 aliphatic carbocycles. The molecule has 2 rings (SSSR count). The van der Waals surface area contributed by atoms with Gasteiger partial charge in [0.25, 0.3) is 20.2 Å². The second-order valence-electron chi connectivity index (χ2n) is 6.28. The van der Waals surface area contributed by atoms with E-state index in [0.29, 0.717) is 19.3 Å². The lowest BCUT2D eigenvalue weighted by molar-refractivity contribution is 0.187. The van der Waals surface area contributed by atoms with Crippen molar-refractivity contribution in [2.24, 2.45) is 0 Å². The van der Waals surface area contributed by atoms with Crippen LogP contribution in [-0.4, -0.2) is 29.0 Å². The maximum absolute atomic E-state index is 12.2. The van der Waals surface area contributed by atoms with E-state index in [-0.39, 0.29) is 9.79 Å². The van der Waals surface area contributed by atoms with Crippen LogP contribution in [0.2, 0.25) is 0 Å². The predicted octanol–water partition coefficient (Wildman–Crippen LogP) is 3.74. The smallest absolute Gasteiger partial charge is 0.263 e. The molecule has 0 spiro atoms. The molecule has 0 aliphatic heterocycles. The number of hydrogen-bond acceptors (Lipinski definition) is 6. The molecule has 0 saturated heterocycles. The van der Waals surface area contributed by atoms with Crippen molar-refractivity contribution in [3.05, 3.63) is 60.7 Å². The standard InChI is InChI=1S/C19H24O6S2/c1-16(24-26(20,21)18-12-5-3-6-13-18)10-9-11-17(2)25-27(22,23)19-14-7-4-8-15-19/h3-8,12-17H,9-11H2,1-2H3/t16-,17-/m1/s1. The van der Waals surface area contributed by atoms with Gasteiger partial charge in [0.1, 0.15) is 0 Å². The first-order valence-corrected chi connectivity index (χ1v) is 11.5. The van der Waals surface area contributed by atoms with E-state index in [4.69, 9.17) is 8.37 Å². The maximum Gasteiger partial charge on any atom is 0.297 e. The summed E-state index contributed by atoms with van der Waals surface area (Å²) in [4.78, 5) is 0.227. The van der Waals surface area contributed by atoms with E-state index in [1.54, 1.807) is 50.2 Å². The van der Waals surface area contributed by atoms with E-state index in [2.05, 4.69) is 0 Å². The molecule has 0 radical (unpaired) electrons. The van der Waals surface area contributed by atoms with Gasteiger partial charge in [-0.3, -0.25) is 8.37 Å². The molecule has 0 amide bonds. The molecular weight excluding hydrogens is 388 g/mol. The summed E-state index contributed by atoms with van der Waals surface area (Å²) in [6.45, 7) is 3.35. The minimum absolute atomic E-state index is 0.113. The highest BCUT2D eigenvalue weighted by atomic mass is 32.2. The number of rotatable bonds is 10. The van der Waals surface area contributed by atoms with Crippen LogP contribution >= 0.6 is 0 Å². The zero-order valence-corrected chi connectivity index (χ0v) is 16.9. The molecule has 6 nitrogen and oxygen atoms in total. The average molecular weight is 413 g/mol. The third kappa shape index (κ3) is 6.73. The lowest BCUT2D eigenvalue weighted by atomic mass is 10.1. The molecule has 148 valence electrons. The van der Waals surface area contributed by atoms with Gasteiger partial charge < -0.3 is 0 Å². The van der Waals surface area contributed by atoms with E-state index in [0.717, 1.165) is 0 Å². The normalized spacial score (nSPS) is 14.6. The van der Waals surface area contributed by atoms with Crippen LogP contribution in [-0.2, 0) is 28.6 Å². The Kier molecular flexibility index (Phi) is 7.55. The topological polar surface area (TPSA) is 86.7 Å². The predicted molar refractivity (Wildman–Crippen MR) is 102 cm³/mol. The molecule has 0 saturated carbocycles. The van der Waals surface area contributed by atoms with Gasteiger partial charge in [-0.25, -0.2) is 0 Å². The zero-order chi connectivity index (χ0) is 19.9. The Bertz CT molecular complexity index is 832. The average Bonchev–Trinajstić information content (AvgIpc) is 2.62. The second-order valence-corrected chi connectivity index (χ2v) is 9.42. The molecule has 2 aromatic rings. The van der Waals surface area contributed by atoms with Crippen molar-refractivity contribution in [3.8, 4) is 0 Å². The summed E-state index contributed by atoms with van der Waals surface area (Å²) in [6, 6.07) is 15.9. The largest absolute Gasteiger partial charge is 0.297 e. The molecule has 0 aliphatic rings. The van der Waals surface area contributed by atoms with Crippen LogP contribution in [0.25, 0.3) is 0 Å². The Morgan fingerprint density at radius 3 is 1.33 bits per heavy atom. The van der Waals surface area contributed by atoms with Crippen LogP contribution in [0.3, 0.4) is 0 Å². The number of benzene rings is 2. The summed E-state index contributed by atoms with van der Waals surface area (Å²) >= 11 is 0. The van der Waals surface area contributed by atoms with Crippen LogP contribution in [0, 0.1) is 0 Å². The first kappa shape index (κ1) is 21.6. The molecule has 27 heavy (non-hydrogen) atoms. The fourth-order valence-corrected chi connectivity index (χ4v) is 4.77. The molecule has 2 atom stereocenters. The molecule has 0 unspecified atom stereocenters. The minimum Gasteiger partial charge on any atom is -0.263 e. The first-order valence-electron chi connectivity index (χ1n) is 8.67. The SMILES string of the molecule is C[C@H](CCC[C@@H](C)OS(=O)(=O)c1ccccc1)OS(=O)(=O)c1ccccc1. The third-order valence-electron chi connectivity index (χ3n) is 3.87. The molecule has 0 bridgehead atoms. The third-order valence-corrected chi connectivity index (χ3v) is 6.73. The quantitative estimate of drug-likeness (QED) is 0.553. The lowest BCUT2D eigenvalue weighted by Crippen LogP contribution is -2.18. The Labute approximate surface area is 161 Å². The van der Waals surface area contributed by atoms with Crippen molar-refractivity contribution in [2.45, 2.75) is 55.1 Å². The summed E-state index contributed by atoms with van der Waals surface area (Å²) in [5, 5.41) is 0. The van der Waals surface area contributed by atoms with Gasteiger partial charge in [0, 0.05) is 0 Å². The first-order chi connectivity index (χ1) is 12.7. The maximum atomic E-state index is 12.2. The van der Waals surface area contributed by atoms with Crippen LogP contribution in [0.4, 0.5) is 0 Å². The van der Waals surface area contributed by atoms with Crippen molar-refractivity contribution in [2.75, 3.05) is 0 Å². The van der Waals surface area contributed by atoms with Gasteiger partial charge in [0.05, 0.1) is 22.0 Å². The molecule has 8 heteroatoms. The van der Waals surface area contributed by atoms with E-state index in [1.165, 1.54) is 24.3 Å². The lowest BCUT2D eigenvalue weighted by Gasteiger charge is -2.15. The highest BCUT2D eigenvalue weighted by Crippen LogP contribution is 2.19. The monoisotopic (exact) mass is 412 g/mol. The second kappa shape index (κ2) is 9.45. The molecule has 0 fully saturated rings. The summed E-state index contributed by atoms with van der Waals surface area (Å²) in [6.07, 6.45) is 0.453. The van der Waals surface area contributed by atoms with E-state index >= 15 is 0 Å². The molecular formula is C19H24O6S2. The van der Waals surface area contributed by atoms with Crippen molar-refractivity contribution in [1.29, 1.82) is 0 Å². The van der Waals surface area contributed by atoms with Crippen molar-refractivity contribution in [1.82, 2.24) is 0 Å². The summed E-state index contributed by atoms with van der Waals surface area (Å²) in [5.74, 6) is 0. The van der Waals surface area contributed by atoms with Gasteiger partial charge in [0.15, 0.2) is 0 Å². The van der Waals surface area contributed by atoms with Gasteiger partial charge in [-0.15, -0.1) is 0 Å². The Morgan fingerprint density at radius 1 is 0.667 bits per heavy atom. The van der Waals surface area contributed by atoms with Crippen LogP contribution in [0.15, 0.2) is 70.5 Å². The molecule has 2 aromatic carbocycles. The summed E-state index contributed by atoms with van der Waals surface area (Å²) < 4.78 is 59.0. The van der Waals surface area contributed by atoms with Gasteiger partial charge >= 0.3 is 0 Å². The van der Waals surface area contributed by atoms with Crippen LogP contribution < -0.4 is 0 Å². The van der Waals surface area contributed by atoms with Gasteiger partial charge in [-0.1, -0.05) is 36.4 Å². The Balaban J connectivity index is 1.80. The number of hydrogen-bond donors (Lipinski definition) is 0. The molecule has 0 aromatic heterocycles. The van der Waals surface area contributed by atoms with E-state index in [1.807, 2.05) is 0 Å². The van der Waals surface area contributed by atoms with E-state index in [9.17, 15) is 16.8 Å². The molecule has 0 N–H and O–H groups in total. The minimum atomic E-state index is -3.80. The van der Waals surface area contributed by atoms with E-state index < -0.39 is 32.4 Å². The molecule has 0 heterocycles. The fourth-order valence-electron chi connectivity index (χ4n) is 2.51. The summed E-state index contributed by atoms with van der Waals surface area (Å²) in [7, 11) is -7.60. The van der Waals surface area contributed by atoms with Gasteiger partial charge in [-0.05, 0) is 57.4 Å². The van der Waals surface area contributed by atoms with Crippen LogP contribution in [0.1, 0.15) is 33.1 Å².